The van der Waals surface area contributed by atoms with E-state index < -0.39 is 11.9 Å². The fraction of sp³-hybridized carbons (Fsp3) is 0.333. The SMILES string of the molecule is COC(=O)N1c2ccc(-c3cnn(C4CNC4)c3)c(Oc3ccccc3F)c2CCC1C. The highest BCUT2D eigenvalue weighted by molar-refractivity contribution is 5.92. The first-order valence-corrected chi connectivity index (χ1v) is 10.8. The van der Waals surface area contributed by atoms with Crippen molar-refractivity contribution in [2.75, 3.05) is 25.1 Å². The van der Waals surface area contributed by atoms with Crippen LogP contribution in [-0.2, 0) is 11.2 Å². The lowest BCUT2D eigenvalue weighted by Gasteiger charge is -2.35. The molecule has 0 bridgehead atoms. The van der Waals surface area contributed by atoms with Gasteiger partial charge in [-0.1, -0.05) is 12.1 Å². The molecular formula is C24H25FN4O3. The molecule has 0 spiro atoms. The predicted molar refractivity (Wildman–Crippen MR) is 119 cm³/mol. The van der Waals surface area contributed by atoms with Crippen LogP contribution in [0.4, 0.5) is 14.9 Å². The number of hydrogen-bond acceptors (Lipinski definition) is 5. The Morgan fingerprint density at radius 2 is 2.03 bits per heavy atom. The minimum Gasteiger partial charge on any atom is -0.453 e. The van der Waals surface area contributed by atoms with Crippen LogP contribution < -0.4 is 15.0 Å². The average Bonchev–Trinajstić information content (AvgIpc) is 3.22. The highest BCUT2D eigenvalue weighted by Gasteiger charge is 2.33. The number of methoxy groups -OCH3 is 1. The molecule has 1 atom stereocenters. The molecule has 1 N–H and O–H groups in total. The molecule has 2 aliphatic heterocycles. The van der Waals surface area contributed by atoms with Crippen LogP contribution in [0.3, 0.4) is 0 Å². The monoisotopic (exact) mass is 436 g/mol. The Morgan fingerprint density at radius 1 is 1.22 bits per heavy atom. The van der Waals surface area contributed by atoms with Crippen LogP contribution in [0.1, 0.15) is 24.9 Å². The van der Waals surface area contributed by atoms with Gasteiger partial charge in [-0.15, -0.1) is 0 Å². The third-order valence-corrected chi connectivity index (χ3v) is 6.21. The molecule has 1 amide bonds. The van der Waals surface area contributed by atoms with Crippen LogP contribution in [-0.4, -0.2) is 42.1 Å². The van der Waals surface area contributed by atoms with Crippen molar-refractivity contribution in [1.82, 2.24) is 15.1 Å². The minimum absolute atomic E-state index is 0.0176. The molecule has 32 heavy (non-hydrogen) atoms. The second-order valence-corrected chi connectivity index (χ2v) is 8.22. The quantitative estimate of drug-likeness (QED) is 0.651. The number of halogens is 1. The van der Waals surface area contributed by atoms with Crippen molar-refractivity contribution in [3.05, 3.63) is 60.2 Å². The van der Waals surface area contributed by atoms with Gasteiger partial charge in [0.1, 0.15) is 5.75 Å². The summed E-state index contributed by atoms with van der Waals surface area (Å²) in [5.41, 5.74) is 3.27. The van der Waals surface area contributed by atoms with Crippen LogP contribution in [0.5, 0.6) is 11.5 Å². The second-order valence-electron chi connectivity index (χ2n) is 8.22. The molecule has 2 aromatic carbocycles. The van der Waals surface area contributed by atoms with Crippen LogP contribution in [0.25, 0.3) is 11.1 Å². The Bertz CT molecular complexity index is 1160. The summed E-state index contributed by atoms with van der Waals surface area (Å²) in [5.74, 6) is 0.238. The smallest absolute Gasteiger partial charge is 0.414 e. The van der Waals surface area contributed by atoms with Crippen molar-refractivity contribution in [1.29, 1.82) is 0 Å². The Balaban J connectivity index is 1.64. The number of benzene rings is 2. The first kappa shape index (κ1) is 20.5. The summed E-state index contributed by atoms with van der Waals surface area (Å²) in [5, 5.41) is 7.77. The van der Waals surface area contributed by atoms with E-state index >= 15 is 0 Å². The van der Waals surface area contributed by atoms with E-state index in [4.69, 9.17) is 9.47 Å². The van der Waals surface area contributed by atoms with Gasteiger partial charge in [-0.3, -0.25) is 9.58 Å². The summed E-state index contributed by atoms with van der Waals surface area (Å²) in [6.45, 7) is 3.76. The molecule has 2 aliphatic rings. The first-order chi connectivity index (χ1) is 15.6. The van der Waals surface area contributed by atoms with Gasteiger partial charge < -0.3 is 14.8 Å². The maximum atomic E-state index is 14.5. The summed E-state index contributed by atoms with van der Waals surface area (Å²) >= 11 is 0. The van der Waals surface area contributed by atoms with Crippen molar-refractivity contribution < 1.29 is 18.7 Å². The summed E-state index contributed by atoms with van der Waals surface area (Å²) < 4.78 is 27.7. The molecule has 0 radical (unpaired) electrons. The third kappa shape index (κ3) is 3.50. The zero-order valence-electron chi connectivity index (χ0n) is 18.0. The molecule has 166 valence electrons. The number of carbonyl (C=O) groups is 1. The number of ether oxygens (including phenoxy) is 2. The maximum absolute atomic E-state index is 14.5. The van der Waals surface area contributed by atoms with E-state index in [1.807, 2.05) is 29.9 Å². The Hall–Kier alpha value is -3.39. The Kier molecular flexibility index (Phi) is 5.30. The molecule has 1 saturated heterocycles. The molecular weight excluding hydrogens is 411 g/mol. The Morgan fingerprint density at radius 3 is 2.75 bits per heavy atom. The molecule has 1 fully saturated rings. The van der Waals surface area contributed by atoms with Crippen molar-refractivity contribution in [2.45, 2.75) is 31.8 Å². The fourth-order valence-corrected chi connectivity index (χ4v) is 4.30. The van der Waals surface area contributed by atoms with E-state index in [1.165, 1.54) is 13.2 Å². The van der Waals surface area contributed by atoms with Gasteiger partial charge in [-0.25, -0.2) is 9.18 Å². The molecule has 7 nitrogen and oxygen atoms in total. The molecule has 3 aromatic rings. The number of nitrogens with one attached hydrogen (secondary N) is 1. The van der Waals surface area contributed by atoms with E-state index in [-0.39, 0.29) is 11.8 Å². The normalized spacial score (nSPS) is 18.1. The number of para-hydroxylation sites is 1. The molecule has 3 heterocycles. The number of anilines is 1. The number of carbonyl (C=O) groups excluding carboxylic acids is 1. The van der Waals surface area contributed by atoms with Crippen LogP contribution >= 0.6 is 0 Å². The molecule has 1 unspecified atom stereocenters. The first-order valence-electron chi connectivity index (χ1n) is 10.8. The van der Waals surface area contributed by atoms with Gasteiger partial charge in [0.15, 0.2) is 11.6 Å². The summed E-state index contributed by atoms with van der Waals surface area (Å²) in [4.78, 5) is 14.2. The second kappa shape index (κ2) is 8.27. The van der Waals surface area contributed by atoms with Crippen molar-refractivity contribution >= 4 is 11.8 Å². The van der Waals surface area contributed by atoms with Crippen LogP contribution in [0, 0.1) is 5.82 Å². The fourth-order valence-electron chi connectivity index (χ4n) is 4.30. The van der Waals surface area contributed by atoms with Crippen molar-refractivity contribution in [3.8, 4) is 22.6 Å². The van der Waals surface area contributed by atoms with Crippen LogP contribution in [0.15, 0.2) is 48.8 Å². The standard InChI is InChI=1S/C24H25FN4O3/c1-15-7-8-19-21(29(15)24(30)31-2)10-9-18(16-11-27-28(14-16)17-12-26-13-17)23(19)32-22-6-4-3-5-20(22)25/h3-6,9-11,14-15,17,26H,7-8,12-13H2,1-2H3. The zero-order chi connectivity index (χ0) is 22.2. The van der Waals surface area contributed by atoms with E-state index in [0.717, 1.165) is 41.9 Å². The largest absolute Gasteiger partial charge is 0.453 e. The van der Waals surface area contributed by atoms with Crippen LogP contribution in [0.2, 0.25) is 0 Å². The molecule has 8 heteroatoms. The molecule has 1 aromatic heterocycles. The molecule has 0 aliphatic carbocycles. The van der Waals surface area contributed by atoms with Gasteiger partial charge in [-0.2, -0.15) is 5.10 Å². The lowest BCUT2D eigenvalue weighted by Crippen LogP contribution is -2.43. The number of nitrogens with zero attached hydrogens (tertiary/aromatic N) is 3. The molecule has 0 saturated carbocycles. The lowest BCUT2D eigenvalue weighted by molar-refractivity contribution is 0.175. The maximum Gasteiger partial charge on any atom is 0.414 e. The highest BCUT2D eigenvalue weighted by Crippen LogP contribution is 2.45. The topological polar surface area (TPSA) is 68.6 Å². The van der Waals surface area contributed by atoms with Crippen molar-refractivity contribution in [3.63, 3.8) is 0 Å². The van der Waals surface area contributed by atoms with Gasteiger partial charge in [0.25, 0.3) is 0 Å². The number of amides is 1. The van der Waals surface area contributed by atoms with E-state index in [2.05, 4.69) is 10.4 Å². The minimum atomic E-state index is -0.443. The summed E-state index contributed by atoms with van der Waals surface area (Å²) in [6, 6.07) is 10.5. The Labute approximate surface area is 185 Å². The van der Waals surface area contributed by atoms with Gasteiger partial charge >= 0.3 is 6.09 Å². The number of rotatable bonds is 4. The van der Waals surface area contributed by atoms with E-state index in [9.17, 15) is 9.18 Å². The average molecular weight is 436 g/mol. The number of fused-ring (bicyclic) bond motifs is 1. The molecule has 5 rings (SSSR count). The number of hydrogen-bond donors (Lipinski definition) is 1. The van der Waals surface area contributed by atoms with E-state index in [0.29, 0.717) is 18.2 Å². The van der Waals surface area contributed by atoms with Crippen molar-refractivity contribution in [2.24, 2.45) is 0 Å². The highest BCUT2D eigenvalue weighted by atomic mass is 19.1. The predicted octanol–water partition coefficient (Wildman–Crippen LogP) is 4.53. The summed E-state index contributed by atoms with van der Waals surface area (Å²) in [6.07, 6.45) is 4.81. The van der Waals surface area contributed by atoms with Gasteiger partial charge in [0.05, 0.1) is 25.0 Å². The zero-order valence-corrected chi connectivity index (χ0v) is 18.0. The lowest BCUT2D eigenvalue weighted by atomic mass is 9.92. The third-order valence-electron chi connectivity index (χ3n) is 6.21. The van der Waals surface area contributed by atoms with Gasteiger partial charge in [0.2, 0.25) is 0 Å². The van der Waals surface area contributed by atoms with Gasteiger partial charge in [-0.05, 0) is 44.0 Å². The van der Waals surface area contributed by atoms with E-state index in [1.54, 1.807) is 29.3 Å². The van der Waals surface area contributed by atoms with Gasteiger partial charge in [0, 0.05) is 42.0 Å². The number of aromatic nitrogens is 2. The summed E-state index contributed by atoms with van der Waals surface area (Å²) in [7, 11) is 1.37.